The Balaban J connectivity index is 1.67. The second-order valence-corrected chi connectivity index (χ2v) is 7.48. The van der Waals surface area contributed by atoms with Crippen molar-refractivity contribution in [1.82, 2.24) is 0 Å². The van der Waals surface area contributed by atoms with E-state index in [0.717, 1.165) is 16.7 Å². The maximum atomic E-state index is 13.4. The number of rotatable bonds is 4. The van der Waals surface area contributed by atoms with Crippen molar-refractivity contribution in [3.8, 4) is 28.2 Å². The molecule has 0 atom stereocenters. The fourth-order valence-corrected chi connectivity index (χ4v) is 3.87. The van der Waals surface area contributed by atoms with Gasteiger partial charge in [0.2, 0.25) is 0 Å². The number of hydrogen-bond donors (Lipinski definition) is 1. The lowest BCUT2D eigenvalue weighted by atomic mass is 9.96. The van der Waals surface area contributed by atoms with E-state index in [2.05, 4.69) is 12.1 Å². The predicted octanol–water partition coefficient (Wildman–Crippen LogP) is 6.42. The third-order valence-electron chi connectivity index (χ3n) is 5.50. The number of aromatic hydroxyl groups is 1. The molecule has 0 bridgehead atoms. The van der Waals surface area contributed by atoms with E-state index in [4.69, 9.17) is 4.42 Å². The van der Waals surface area contributed by atoms with Gasteiger partial charge in [-0.2, -0.15) is 0 Å². The average Bonchev–Trinajstić information content (AvgIpc) is 2.83. The molecule has 0 spiro atoms. The molecule has 0 saturated carbocycles. The Labute approximate surface area is 179 Å². The summed E-state index contributed by atoms with van der Waals surface area (Å²) < 4.78 is 6.24. The first-order chi connectivity index (χ1) is 15.2. The van der Waals surface area contributed by atoms with Gasteiger partial charge in [0.05, 0.1) is 5.39 Å². The molecule has 31 heavy (non-hydrogen) atoms. The zero-order valence-corrected chi connectivity index (χ0v) is 16.8. The Morgan fingerprint density at radius 3 is 2.03 bits per heavy atom. The van der Waals surface area contributed by atoms with E-state index in [0.29, 0.717) is 27.9 Å². The topological polar surface area (TPSA) is 50.4 Å². The summed E-state index contributed by atoms with van der Waals surface area (Å²) in [5.41, 5.74) is 4.74. The molecule has 0 aliphatic carbocycles. The fraction of sp³-hybridized carbons (Fsp3) is 0.0357. The number of benzene rings is 4. The number of fused-ring (bicyclic) bond motifs is 1. The molecule has 1 aromatic heterocycles. The van der Waals surface area contributed by atoms with Crippen LogP contribution in [0.5, 0.6) is 5.75 Å². The van der Waals surface area contributed by atoms with Gasteiger partial charge in [0.1, 0.15) is 17.1 Å². The molecule has 0 unspecified atom stereocenters. The molecule has 1 N–H and O–H groups in total. The van der Waals surface area contributed by atoms with Gasteiger partial charge in [0.25, 0.3) is 0 Å². The highest BCUT2D eigenvalue weighted by atomic mass is 16.3. The zero-order valence-electron chi connectivity index (χ0n) is 16.8. The van der Waals surface area contributed by atoms with E-state index in [1.807, 2.05) is 72.8 Å². The summed E-state index contributed by atoms with van der Waals surface area (Å²) in [4.78, 5) is 13.4. The van der Waals surface area contributed by atoms with Crippen LogP contribution in [0.15, 0.2) is 112 Å². The van der Waals surface area contributed by atoms with Crippen LogP contribution in [0, 0.1) is 0 Å². The SMILES string of the molecule is O=c1c(Cc2ccccc2O)c(-c2ccc(-c3ccccc3)cc2)oc2ccccc12. The Hall–Kier alpha value is -4.11. The van der Waals surface area contributed by atoms with Crippen molar-refractivity contribution in [2.75, 3.05) is 0 Å². The Bertz CT molecular complexity index is 1410. The van der Waals surface area contributed by atoms with Crippen molar-refractivity contribution in [2.45, 2.75) is 6.42 Å². The maximum absolute atomic E-state index is 13.4. The molecule has 4 aromatic carbocycles. The summed E-state index contributed by atoms with van der Waals surface area (Å²) in [6.07, 6.45) is 0.287. The maximum Gasteiger partial charge on any atom is 0.196 e. The minimum Gasteiger partial charge on any atom is -0.508 e. The van der Waals surface area contributed by atoms with E-state index >= 15 is 0 Å². The largest absolute Gasteiger partial charge is 0.508 e. The van der Waals surface area contributed by atoms with E-state index in [9.17, 15) is 9.90 Å². The van der Waals surface area contributed by atoms with Crippen molar-refractivity contribution in [1.29, 1.82) is 0 Å². The quantitative estimate of drug-likeness (QED) is 0.376. The van der Waals surface area contributed by atoms with Crippen LogP contribution in [0.2, 0.25) is 0 Å². The van der Waals surface area contributed by atoms with Crippen LogP contribution < -0.4 is 5.43 Å². The Kier molecular flexibility index (Phi) is 4.85. The van der Waals surface area contributed by atoms with E-state index in [-0.39, 0.29) is 17.6 Å². The molecule has 1 heterocycles. The molecule has 0 aliphatic heterocycles. The molecule has 150 valence electrons. The minimum absolute atomic E-state index is 0.0766. The normalized spacial score (nSPS) is 11.0. The first-order valence-electron chi connectivity index (χ1n) is 10.2. The molecule has 3 heteroatoms. The van der Waals surface area contributed by atoms with Crippen LogP contribution in [0.3, 0.4) is 0 Å². The van der Waals surface area contributed by atoms with Gasteiger partial charge in [-0.15, -0.1) is 0 Å². The highest BCUT2D eigenvalue weighted by Crippen LogP contribution is 2.31. The second kappa shape index (κ2) is 7.96. The van der Waals surface area contributed by atoms with Gasteiger partial charge in [-0.3, -0.25) is 4.79 Å². The number of phenols is 1. The van der Waals surface area contributed by atoms with E-state index in [1.165, 1.54) is 0 Å². The van der Waals surface area contributed by atoms with Crippen LogP contribution in [0.25, 0.3) is 33.4 Å². The third-order valence-corrected chi connectivity index (χ3v) is 5.50. The van der Waals surface area contributed by atoms with Gasteiger partial charge in [-0.05, 0) is 34.9 Å². The van der Waals surface area contributed by atoms with Crippen molar-refractivity contribution in [2.24, 2.45) is 0 Å². The number of hydrogen-bond acceptors (Lipinski definition) is 3. The molecule has 0 radical (unpaired) electrons. The zero-order chi connectivity index (χ0) is 21.2. The van der Waals surface area contributed by atoms with Gasteiger partial charge < -0.3 is 9.52 Å². The van der Waals surface area contributed by atoms with Crippen molar-refractivity contribution < 1.29 is 9.52 Å². The monoisotopic (exact) mass is 404 g/mol. The molecular formula is C28H20O3. The predicted molar refractivity (Wildman–Crippen MR) is 124 cm³/mol. The van der Waals surface area contributed by atoms with Crippen LogP contribution in [-0.2, 0) is 6.42 Å². The summed E-state index contributed by atoms with van der Waals surface area (Å²) in [7, 11) is 0. The molecular weight excluding hydrogens is 384 g/mol. The van der Waals surface area contributed by atoms with E-state index < -0.39 is 0 Å². The smallest absolute Gasteiger partial charge is 0.196 e. The molecule has 3 nitrogen and oxygen atoms in total. The summed E-state index contributed by atoms with van der Waals surface area (Å²) in [5.74, 6) is 0.701. The standard InChI is InChI=1S/C28H20O3/c29-25-12-6-4-10-22(25)18-24-27(30)23-11-5-7-13-26(23)31-28(24)21-16-14-20(15-17-21)19-8-2-1-3-9-19/h1-17,29H,18H2. The summed E-state index contributed by atoms with van der Waals surface area (Å²) in [5, 5.41) is 10.8. The number of para-hydroxylation sites is 2. The first-order valence-corrected chi connectivity index (χ1v) is 10.2. The fourth-order valence-electron chi connectivity index (χ4n) is 3.87. The first kappa shape index (κ1) is 18.9. The van der Waals surface area contributed by atoms with Crippen molar-refractivity contribution in [3.63, 3.8) is 0 Å². The summed E-state index contributed by atoms with van der Waals surface area (Å²) in [6, 6.07) is 32.5. The van der Waals surface area contributed by atoms with Crippen LogP contribution in [0.1, 0.15) is 11.1 Å². The average molecular weight is 404 g/mol. The minimum atomic E-state index is -0.0766. The number of phenolic OH excluding ortho intramolecular Hbond substituents is 1. The van der Waals surface area contributed by atoms with Crippen molar-refractivity contribution >= 4 is 11.0 Å². The van der Waals surface area contributed by atoms with Gasteiger partial charge in [0, 0.05) is 17.5 Å². The lowest BCUT2D eigenvalue weighted by Crippen LogP contribution is -2.12. The highest BCUT2D eigenvalue weighted by molar-refractivity contribution is 5.81. The Morgan fingerprint density at radius 1 is 0.645 bits per heavy atom. The lowest BCUT2D eigenvalue weighted by molar-refractivity contribution is 0.469. The Morgan fingerprint density at radius 2 is 1.26 bits per heavy atom. The van der Waals surface area contributed by atoms with Gasteiger partial charge in [-0.1, -0.05) is 84.9 Å². The lowest BCUT2D eigenvalue weighted by Gasteiger charge is -2.12. The second-order valence-electron chi connectivity index (χ2n) is 7.48. The molecule has 5 aromatic rings. The molecule has 0 saturated heterocycles. The third kappa shape index (κ3) is 3.62. The van der Waals surface area contributed by atoms with Gasteiger partial charge in [0.15, 0.2) is 5.43 Å². The van der Waals surface area contributed by atoms with Crippen LogP contribution in [-0.4, -0.2) is 5.11 Å². The van der Waals surface area contributed by atoms with Crippen LogP contribution in [0.4, 0.5) is 0 Å². The van der Waals surface area contributed by atoms with Crippen molar-refractivity contribution in [3.05, 3.63) is 124 Å². The van der Waals surface area contributed by atoms with Crippen LogP contribution >= 0.6 is 0 Å². The van der Waals surface area contributed by atoms with Gasteiger partial charge in [-0.25, -0.2) is 0 Å². The van der Waals surface area contributed by atoms with Gasteiger partial charge >= 0.3 is 0 Å². The molecule has 0 aliphatic rings. The summed E-state index contributed by atoms with van der Waals surface area (Å²) >= 11 is 0. The van der Waals surface area contributed by atoms with E-state index in [1.54, 1.807) is 18.2 Å². The molecule has 0 amide bonds. The molecule has 5 rings (SSSR count). The highest BCUT2D eigenvalue weighted by Gasteiger charge is 2.17. The summed E-state index contributed by atoms with van der Waals surface area (Å²) in [6.45, 7) is 0. The molecule has 0 fully saturated rings.